The van der Waals surface area contributed by atoms with E-state index in [1.807, 2.05) is 0 Å². The smallest absolute Gasteiger partial charge is 0.0588 e. The van der Waals surface area contributed by atoms with Gasteiger partial charge in [0, 0.05) is 0 Å². The third kappa shape index (κ3) is 3.97. The van der Waals surface area contributed by atoms with E-state index in [1.165, 1.54) is 25.7 Å². The molecule has 1 aliphatic carbocycles. The summed E-state index contributed by atoms with van der Waals surface area (Å²) in [5.74, 6) is 0.851. The molecular weight excluding hydrogens is 174 g/mol. The van der Waals surface area contributed by atoms with Crippen molar-refractivity contribution in [2.24, 2.45) is 11.7 Å². The molecule has 1 aliphatic rings. The van der Waals surface area contributed by atoms with Crippen molar-refractivity contribution in [1.82, 2.24) is 0 Å². The van der Waals surface area contributed by atoms with Gasteiger partial charge in [-0.1, -0.05) is 26.7 Å². The van der Waals surface area contributed by atoms with Gasteiger partial charge in [0.1, 0.15) is 0 Å². The second kappa shape index (κ2) is 6.41. The van der Waals surface area contributed by atoms with Crippen molar-refractivity contribution in [3.63, 3.8) is 0 Å². The third-order valence-electron chi connectivity index (χ3n) is 3.22. The summed E-state index contributed by atoms with van der Waals surface area (Å²) in [6, 6.07) is 0. The molecule has 84 valence electrons. The lowest BCUT2D eigenvalue weighted by Gasteiger charge is -2.30. The van der Waals surface area contributed by atoms with Crippen LogP contribution in [-0.4, -0.2) is 18.8 Å². The minimum Gasteiger partial charge on any atom is -0.375 e. The predicted octanol–water partition coefficient (Wildman–Crippen LogP) is 2.71. The molecule has 0 heterocycles. The van der Waals surface area contributed by atoms with Crippen LogP contribution >= 0.6 is 0 Å². The van der Waals surface area contributed by atoms with Gasteiger partial charge in [-0.2, -0.15) is 0 Å². The summed E-state index contributed by atoms with van der Waals surface area (Å²) >= 11 is 0. The molecule has 14 heavy (non-hydrogen) atoms. The molecule has 0 aromatic heterocycles. The zero-order chi connectivity index (χ0) is 10.4. The van der Waals surface area contributed by atoms with Crippen LogP contribution in [0, 0.1) is 5.92 Å². The summed E-state index contributed by atoms with van der Waals surface area (Å²) in [6.45, 7) is 5.27. The van der Waals surface area contributed by atoms with E-state index in [-0.39, 0.29) is 0 Å². The number of hydrogen-bond donors (Lipinski definition) is 1. The van der Waals surface area contributed by atoms with Crippen molar-refractivity contribution < 1.29 is 4.74 Å². The van der Waals surface area contributed by atoms with Gasteiger partial charge in [0.05, 0.1) is 12.2 Å². The van der Waals surface area contributed by atoms with Gasteiger partial charge >= 0.3 is 0 Å². The quantitative estimate of drug-likeness (QED) is 0.739. The normalized spacial score (nSPS) is 30.2. The topological polar surface area (TPSA) is 35.2 Å². The number of hydrogen-bond acceptors (Lipinski definition) is 2. The Kier molecular flexibility index (Phi) is 5.49. The predicted molar refractivity (Wildman–Crippen MR) is 60.3 cm³/mol. The van der Waals surface area contributed by atoms with Gasteiger partial charge in [-0.05, 0) is 38.1 Å². The zero-order valence-corrected chi connectivity index (χ0v) is 9.67. The maximum Gasteiger partial charge on any atom is 0.0588 e. The SMILES string of the molecule is CCC(CCN)OC1CCCC(C)C1. The molecule has 0 spiro atoms. The first-order valence-corrected chi connectivity index (χ1v) is 6.11. The molecule has 2 N–H and O–H groups in total. The lowest BCUT2D eigenvalue weighted by atomic mass is 9.88. The van der Waals surface area contributed by atoms with Crippen LogP contribution in [0.3, 0.4) is 0 Å². The minimum absolute atomic E-state index is 0.398. The Labute approximate surface area is 88.2 Å². The molecule has 1 saturated carbocycles. The van der Waals surface area contributed by atoms with Crippen LogP contribution in [0.1, 0.15) is 52.4 Å². The maximum atomic E-state index is 6.07. The second-order valence-electron chi connectivity index (χ2n) is 4.64. The van der Waals surface area contributed by atoms with Crippen molar-refractivity contribution >= 4 is 0 Å². The van der Waals surface area contributed by atoms with Crippen molar-refractivity contribution in [2.45, 2.75) is 64.6 Å². The fraction of sp³-hybridized carbons (Fsp3) is 1.00. The standard InChI is InChI=1S/C12H25NO/c1-3-11(7-8-13)14-12-6-4-5-10(2)9-12/h10-12H,3-9,13H2,1-2H3. The molecule has 1 fully saturated rings. The van der Waals surface area contributed by atoms with Gasteiger partial charge in [-0.3, -0.25) is 0 Å². The first-order valence-electron chi connectivity index (χ1n) is 6.11. The second-order valence-corrected chi connectivity index (χ2v) is 4.64. The maximum absolute atomic E-state index is 6.07. The zero-order valence-electron chi connectivity index (χ0n) is 9.67. The number of rotatable bonds is 5. The molecule has 1 rings (SSSR count). The van der Waals surface area contributed by atoms with Crippen LogP contribution in [0.5, 0.6) is 0 Å². The fourth-order valence-corrected chi connectivity index (χ4v) is 2.33. The van der Waals surface area contributed by atoms with Crippen molar-refractivity contribution in [1.29, 1.82) is 0 Å². The lowest BCUT2D eigenvalue weighted by molar-refractivity contribution is -0.0422. The van der Waals surface area contributed by atoms with Gasteiger partial charge in [-0.25, -0.2) is 0 Å². The van der Waals surface area contributed by atoms with E-state index in [2.05, 4.69) is 13.8 Å². The van der Waals surface area contributed by atoms with Crippen LogP contribution in [-0.2, 0) is 4.74 Å². The molecule has 3 unspecified atom stereocenters. The van der Waals surface area contributed by atoms with Crippen LogP contribution in [0.4, 0.5) is 0 Å². The monoisotopic (exact) mass is 199 g/mol. The molecule has 2 heteroatoms. The summed E-state index contributed by atoms with van der Waals surface area (Å²) in [4.78, 5) is 0. The van der Waals surface area contributed by atoms with Gasteiger partial charge in [0.15, 0.2) is 0 Å². The first-order chi connectivity index (χ1) is 6.76. The molecule has 0 saturated heterocycles. The summed E-state index contributed by atoms with van der Waals surface area (Å²) < 4.78 is 6.07. The molecular formula is C12H25NO. The first kappa shape index (κ1) is 12.0. The third-order valence-corrected chi connectivity index (χ3v) is 3.22. The van der Waals surface area contributed by atoms with E-state index in [0.29, 0.717) is 12.2 Å². The molecule has 2 nitrogen and oxygen atoms in total. The van der Waals surface area contributed by atoms with E-state index in [9.17, 15) is 0 Å². The molecule has 0 amide bonds. The fourth-order valence-electron chi connectivity index (χ4n) is 2.33. The lowest BCUT2D eigenvalue weighted by Crippen LogP contribution is -2.28. The molecule has 0 aliphatic heterocycles. The minimum atomic E-state index is 0.398. The Hall–Kier alpha value is -0.0800. The number of ether oxygens (including phenoxy) is 1. The average Bonchev–Trinajstić information content (AvgIpc) is 2.17. The van der Waals surface area contributed by atoms with Gasteiger partial charge < -0.3 is 10.5 Å². The Balaban J connectivity index is 2.26. The molecule has 0 aromatic carbocycles. The van der Waals surface area contributed by atoms with Gasteiger partial charge in [0.2, 0.25) is 0 Å². The van der Waals surface area contributed by atoms with Crippen LogP contribution in [0.2, 0.25) is 0 Å². The van der Waals surface area contributed by atoms with E-state index >= 15 is 0 Å². The molecule has 0 aromatic rings. The van der Waals surface area contributed by atoms with E-state index in [4.69, 9.17) is 10.5 Å². The summed E-state index contributed by atoms with van der Waals surface area (Å²) in [5, 5.41) is 0. The van der Waals surface area contributed by atoms with Crippen molar-refractivity contribution in [3.05, 3.63) is 0 Å². The van der Waals surface area contributed by atoms with Crippen molar-refractivity contribution in [3.8, 4) is 0 Å². The van der Waals surface area contributed by atoms with E-state index in [0.717, 1.165) is 25.3 Å². The molecule has 0 bridgehead atoms. The summed E-state index contributed by atoms with van der Waals surface area (Å²) in [6.07, 6.45) is 8.25. The van der Waals surface area contributed by atoms with Crippen molar-refractivity contribution in [2.75, 3.05) is 6.54 Å². The highest BCUT2D eigenvalue weighted by atomic mass is 16.5. The summed E-state index contributed by atoms with van der Waals surface area (Å²) in [5.41, 5.74) is 5.56. The summed E-state index contributed by atoms with van der Waals surface area (Å²) in [7, 11) is 0. The highest BCUT2D eigenvalue weighted by Crippen LogP contribution is 2.27. The average molecular weight is 199 g/mol. The Morgan fingerprint density at radius 2 is 2.21 bits per heavy atom. The number of nitrogens with two attached hydrogens (primary N) is 1. The van der Waals surface area contributed by atoms with Gasteiger partial charge in [-0.15, -0.1) is 0 Å². The van der Waals surface area contributed by atoms with Crippen LogP contribution < -0.4 is 5.73 Å². The van der Waals surface area contributed by atoms with Crippen LogP contribution in [0.15, 0.2) is 0 Å². The van der Waals surface area contributed by atoms with Crippen LogP contribution in [0.25, 0.3) is 0 Å². The Morgan fingerprint density at radius 1 is 1.43 bits per heavy atom. The Bertz CT molecular complexity index is 149. The van der Waals surface area contributed by atoms with E-state index < -0.39 is 0 Å². The highest BCUT2D eigenvalue weighted by Gasteiger charge is 2.21. The molecule has 3 atom stereocenters. The largest absolute Gasteiger partial charge is 0.375 e. The van der Waals surface area contributed by atoms with Gasteiger partial charge in [0.25, 0.3) is 0 Å². The highest BCUT2D eigenvalue weighted by molar-refractivity contribution is 4.72. The van der Waals surface area contributed by atoms with E-state index in [1.54, 1.807) is 0 Å². The Morgan fingerprint density at radius 3 is 2.79 bits per heavy atom. The molecule has 0 radical (unpaired) electrons.